The van der Waals surface area contributed by atoms with Gasteiger partial charge in [0.2, 0.25) is 0 Å². The molecule has 2 aliphatic rings. The molecule has 1 aromatic heterocycles. The quantitative estimate of drug-likeness (QED) is 0.890. The normalized spacial score (nSPS) is 26.7. The standard InChI is InChI=1S/C18H29N3O2S/c1-14-4-5-17(24-14)18(23)21-11-15(16(12-21)13-22)10-20-7-3-6-19(2)8-9-20/h4-5,15-16,22H,3,6-13H2,1-2H3/t15-,16-/m1/s1. The Balaban J connectivity index is 1.60. The topological polar surface area (TPSA) is 47.0 Å². The van der Waals surface area contributed by atoms with Gasteiger partial charge < -0.3 is 19.8 Å². The van der Waals surface area contributed by atoms with Gasteiger partial charge in [0.1, 0.15) is 0 Å². The monoisotopic (exact) mass is 351 g/mol. The summed E-state index contributed by atoms with van der Waals surface area (Å²) < 4.78 is 0. The summed E-state index contributed by atoms with van der Waals surface area (Å²) >= 11 is 1.56. The van der Waals surface area contributed by atoms with Crippen molar-refractivity contribution in [2.75, 3.05) is 59.5 Å². The summed E-state index contributed by atoms with van der Waals surface area (Å²) in [4.78, 5) is 21.5. The van der Waals surface area contributed by atoms with Gasteiger partial charge in [-0.15, -0.1) is 11.3 Å². The smallest absolute Gasteiger partial charge is 0.263 e. The van der Waals surface area contributed by atoms with Crippen LogP contribution < -0.4 is 0 Å². The molecule has 1 aromatic rings. The molecule has 24 heavy (non-hydrogen) atoms. The molecule has 0 aliphatic carbocycles. The van der Waals surface area contributed by atoms with Crippen molar-refractivity contribution in [3.63, 3.8) is 0 Å². The first kappa shape index (κ1) is 17.9. The number of nitrogens with zero attached hydrogens (tertiary/aromatic N) is 3. The lowest BCUT2D eigenvalue weighted by Gasteiger charge is -2.26. The number of carbonyl (C=O) groups is 1. The van der Waals surface area contributed by atoms with Gasteiger partial charge in [-0.25, -0.2) is 0 Å². The maximum absolute atomic E-state index is 12.7. The molecule has 134 valence electrons. The third-order valence-electron chi connectivity index (χ3n) is 5.35. The molecular weight excluding hydrogens is 322 g/mol. The first-order valence-electron chi connectivity index (χ1n) is 8.94. The lowest BCUT2D eigenvalue weighted by molar-refractivity contribution is 0.0784. The van der Waals surface area contributed by atoms with Gasteiger partial charge in [0.15, 0.2) is 0 Å². The molecule has 0 radical (unpaired) electrons. The lowest BCUT2D eigenvalue weighted by atomic mass is 9.96. The van der Waals surface area contributed by atoms with Crippen molar-refractivity contribution in [3.8, 4) is 0 Å². The summed E-state index contributed by atoms with van der Waals surface area (Å²) in [7, 11) is 2.18. The van der Waals surface area contributed by atoms with Crippen LogP contribution in [-0.2, 0) is 0 Å². The minimum absolute atomic E-state index is 0.129. The fourth-order valence-electron chi connectivity index (χ4n) is 3.84. The van der Waals surface area contributed by atoms with Gasteiger partial charge in [0.05, 0.1) is 4.88 Å². The number of amides is 1. The number of thiophene rings is 1. The van der Waals surface area contributed by atoms with Crippen molar-refractivity contribution < 1.29 is 9.90 Å². The first-order chi connectivity index (χ1) is 11.6. The highest BCUT2D eigenvalue weighted by molar-refractivity contribution is 7.13. The van der Waals surface area contributed by atoms with Crippen molar-refractivity contribution in [1.82, 2.24) is 14.7 Å². The highest BCUT2D eigenvalue weighted by Gasteiger charge is 2.36. The van der Waals surface area contributed by atoms with E-state index in [2.05, 4.69) is 16.8 Å². The van der Waals surface area contributed by atoms with E-state index < -0.39 is 0 Å². The predicted octanol–water partition coefficient (Wildman–Crippen LogP) is 1.37. The van der Waals surface area contributed by atoms with Crippen molar-refractivity contribution >= 4 is 17.2 Å². The van der Waals surface area contributed by atoms with Crippen LogP contribution in [0.2, 0.25) is 0 Å². The van der Waals surface area contributed by atoms with E-state index in [1.807, 2.05) is 24.0 Å². The number of carbonyl (C=O) groups excluding carboxylic acids is 1. The number of likely N-dealkylation sites (tertiary alicyclic amines) is 1. The zero-order valence-corrected chi connectivity index (χ0v) is 15.6. The molecule has 0 spiro atoms. The Morgan fingerprint density at radius 3 is 2.71 bits per heavy atom. The van der Waals surface area contributed by atoms with E-state index in [4.69, 9.17) is 0 Å². The largest absolute Gasteiger partial charge is 0.396 e. The fourth-order valence-corrected chi connectivity index (χ4v) is 4.67. The Labute approximate surface area is 148 Å². The minimum Gasteiger partial charge on any atom is -0.396 e. The van der Waals surface area contributed by atoms with Crippen molar-refractivity contribution in [1.29, 1.82) is 0 Å². The molecule has 2 fully saturated rings. The van der Waals surface area contributed by atoms with E-state index in [0.717, 1.165) is 44.1 Å². The number of hydrogen-bond acceptors (Lipinski definition) is 5. The van der Waals surface area contributed by atoms with Crippen molar-refractivity contribution in [2.45, 2.75) is 13.3 Å². The second-order valence-corrected chi connectivity index (χ2v) is 8.57. The highest BCUT2D eigenvalue weighted by atomic mass is 32.1. The van der Waals surface area contributed by atoms with Crippen LogP contribution in [0.1, 0.15) is 21.0 Å². The SMILES string of the molecule is Cc1ccc(C(=O)N2C[C@@H](CN3CCCN(C)CC3)[C@@H](CO)C2)s1. The molecule has 6 heteroatoms. The molecule has 0 unspecified atom stereocenters. The fraction of sp³-hybridized carbons (Fsp3) is 0.722. The molecule has 2 saturated heterocycles. The van der Waals surface area contributed by atoms with E-state index in [1.54, 1.807) is 11.3 Å². The zero-order chi connectivity index (χ0) is 17.1. The van der Waals surface area contributed by atoms with E-state index in [-0.39, 0.29) is 18.4 Å². The number of hydrogen-bond donors (Lipinski definition) is 1. The maximum atomic E-state index is 12.7. The van der Waals surface area contributed by atoms with Crippen LogP contribution in [0.3, 0.4) is 0 Å². The Bertz CT molecular complexity index is 562. The second-order valence-electron chi connectivity index (χ2n) is 7.28. The van der Waals surface area contributed by atoms with Gasteiger partial charge >= 0.3 is 0 Å². The predicted molar refractivity (Wildman–Crippen MR) is 97.6 cm³/mol. The molecule has 5 nitrogen and oxygen atoms in total. The number of aliphatic hydroxyl groups excluding tert-OH is 1. The Morgan fingerprint density at radius 1 is 1.21 bits per heavy atom. The molecular formula is C18H29N3O2S. The molecule has 2 atom stereocenters. The summed E-state index contributed by atoms with van der Waals surface area (Å²) in [5.74, 6) is 0.712. The number of likely N-dealkylation sites (N-methyl/N-ethyl adjacent to an activating group) is 1. The molecule has 3 heterocycles. The van der Waals surface area contributed by atoms with Crippen LogP contribution in [0, 0.1) is 18.8 Å². The molecule has 3 rings (SSSR count). The van der Waals surface area contributed by atoms with Crippen LogP contribution in [0.5, 0.6) is 0 Å². The van der Waals surface area contributed by atoms with Crippen LogP contribution in [-0.4, -0.2) is 85.2 Å². The lowest BCUT2D eigenvalue weighted by Crippen LogP contribution is -2.36. The first-order valence-corrected chi connectivity index (χ1v) is 9.76. The number of aryl methyl sites for hydroxylation is 1. The molecule has 1 N–H and O–H groups in total. The van der Waals surface area contributed by atoms with Crippen LogP contribution in [0.25, 0.3) is 0 Å². The summed E-state index contributed by atoms with van der Waals surface area (Å²) in [6, 6.07) is 3.93. The zero-order valence-electron chi connectivity index (χ0n) is 14.8. The van der Waals surface area contributed by atoms with E-state index in [1.165, 1.54) is 11.3 Å². The van der Waals surface area contributed by atoms with Crippen molar-refractivity contribution in [2.24, 2.45) is 11.8 Å². The van der Waals surface area contributed by atoms with E-state index in [0.29, 0.717) is 12.5 Å². The Hall–Kier alpha value is -0.950. The average Bonchev–Trinajstić information content (AvgIpc) is 3.12. The van der Waals surface area contributed by atoms with Crippen molar-refractivity contribution in [3.05, 3.63) is 21.9 Å². The molecule has 1 amide bonds. The third kappa shape index (κ3) is 4.17. The Kier molecular flexibility index (Phi) is 5.92. The van der Waals surface area contributed by atoms with Gasteiger partial charge in [-0.3, -0.25) is 4.79 Å². The van der Waals surface area contributed by atoms with E-state index in [9.17, 15) is 9.90 Å². The average molecular weight is 352 g/mol. The van der Waals surface area contributed by atoms with Gasteiger partial charge in [0, 0.05) is 50.1 Å². The minimum atomic E-state index is 0.129. The Morgan fingerprint density at radius 2 is 2.00 bits per heavy atom. The third-order valence-corrected chi connectivity index (χ3v) is 6.34. The highest BCUT2D eigenvalue weighted by Crippen LogP contribution is 2.27. The molecule has 0 saturated carbocycles. The van der Waals surface area contributed by atoms with Crippen LogP contribution in [0.4, 0.5) is 0 Å². The summed E-state index contributed by atoms with van der Waals surface area (Å²) in [6.45, 7) is 9.12. The summed E-state index contributed by atoms with van der Waals surface area (Å²) in [6.07, 6.45) is 1.20. The molecule has 0 aromatic carbocycles. The maximum Gasteiger partial charge on any atom is 0.263 e. The summed E-state index contributed by atoms with van der Waals surface area (Å²) in [5.41, 5.74) is 0. The van der Waals surface area contributed by atoms with Crippen LogP contribution in [0.15, 0.2) is 12.1 Å². The summed E-state index contributed by atoms with van der Waals surface area (Å²) in [5, 5.41) is 9.78. The van der Waals surface area contributed by atoms with Gasteiger partial charge in [-0.05, 0) is 51.5 Å². The second kappa shape index (κ2) is 7.95. The number of rotatable bonds is 4. The van der Waals surface area contributed by atoms with Gasteiger partial charge in [-0.1, -0.05) is 0 Å². The van der Waals surface area contributed by atoms with Gasteiger partial charge in [0.25, 0.3) is 5.91 Å². The van der Waals surface area contributed by atoms with Gasteiger partial charge in [-0.2, -0.15) is 0 Å². The van der Waals surface area contributed by atoms with E-state index >= 15 is 0 Å². The van der Waals surface area contributed by atoms with Crippen LogP contribution >= 0.6 is 11.3 Å². The number of aliphatic hydroxyl groups is 1. The molecule has 2 aliphatic heterocycles. The molecule has 0 bridgehead atoms.